The molecular formula is C22H23ClN2O2S. The minimum atomic E-state index is -0.0140. The zero-order valence-corrected chi connectivity index (χ0v) is 17.6. The van der Waals surface area contributed by atoms with E-state index in [1.165, 1.54) is 6.92 Å². The zero-order valence-electron chi connectivity index (χ0n) is 16.0. The van der Waals surface area contributed by atoms with Crippen molar-refractivity contribution in [3.05, 3.63) is 59.1 Å². The molecule has 2 aromatic carbocycles. The number of aromatic nitrogens is 1. The predicted molar refractivity (Wildman–Crippen MR) is 117 cm³/mol. The molecule has 0 saturated carbocycles. The van der Waals surface area contributed by atoms with E-state index in [-0.39, 0.29) is 5.91 Å². The van der Waals surface area contributed by atoms with Gasteiger partial charge in [0.25, 0.3) is 0 Å². The van der Waals surface area contributed by atoms with Crippen LogP contribution in [0.1, 0.15) is 25.8 Å². The number of carbonyl (C=O) groups excluding carboxylic acids is 1. The maximum Gasteiger partial charge on any atom is 0.219 e. The van der Waals surface area contributed by atoms with Crippen LogP contribution in [0.25, 0.3) is 10.9 Å². The third-order valence-electron chi connectivity index (χ3n) is 4.11. The minimum Gasteiger partial charge on any atom is -0.437 e. The van der Waals surface area contributed by atoms with Gasteiger partial charge in [0.05, 0.1) is 10.5 Å². The van der Waals surface area contributed by atoms with E-state index in [1.54, 1.807) is 11.8 Å². The highest BCUT2D eigenvalue weighted by Gasteiger charge is 2.07. The fourth-order valence-electron chi connectivity index (χ4n) is 2.74. The molecule has 6 heteroatoms. The SMILES string of the molecule is CCCSc1ccc(Oc2ccc3cc(CCNC(C)=O)ccc3n2)c(Cl)c1. The van der Waals surface area contributed by atoms with Crippen molar-refractivity contribution in [3.8, 4) is 11.6 Å². The van der Waals surface area contributed by atoms with Crippen LogP contribution >= 0.6 is 23.4 Å². The first-order chi connectivity index (χ1) is 13.5. The largest absolute Gasteiger partial charge is 0.437 e. The second kappa shape index (κ2) is 9.80. The summed E-state index contributed by atoms with van der Waals surface area (Å²) in [7, 11) is 0. The summed E-state index contributed by atoms with van der Waals surface area (Å²) in [5, 5.41) is 4.42. The second-order valence-corrected chi connectivity index (χ2v) is 8.03. The Bertz CT molecular complexity index is 978. The van der Waals surface area contributed by atoms with Gasteiger partial charge in [-0.1, -0.05) is 24.6 Å². The molecule has 146 valence electrons. The minimum absolute atomic E-state index is 0.0140. The molecule has 1 heterocycles. The van der Waals surface area contributed by atoms with E-state index >= 15 is 0 Å². The number of hydrogen-bond donors (Lipinski definition) is 1. The molecule has 1 N–H and O–H groups in total. The number of pyridine rings is 1. The Labute approximate surface area is 174 Å². The molecule has 3 aromatic rings. The lowest BCUT2D eigenvalue weighted by Gasteiger charge is -2.10. The molecular weight excluding hydrogens is 392 g/mol. The van der Waals surface area contributed by atoms with Crippen molar-refractivity contribution in [2.24, 2.45) is 0 Å². The van der Waals surface area contributed by atoms with E-state index in [2.05, 4.69) is 23.3 Å². The van der Waals surface area contributed by atoms with Crippen molar-refractivity contribution in [2.45, 2.75) is 31.6 Å². The van der Waals surface area contributed by atoms with Crippen molar-refractivity contribution >= 4 is 40.2 Å². The van der Waals surface area contributed by atoms with Crippen LogP contribution in [0.2, 0.25) is 5.02 Å². The van der Waals surface area contributed by atoms with E-state index in [0.717, 1.165) is 40.0 Å². The molecule has 0 aliphatic carbocycles. The Morgan fingerprint density at radius 1 is 1.18 bits per heavy atom. The van der Waals surface area contributed by atoms with Crippen molar-refractivity contribution in [1.82, 2.24) is 10.3 Å². The third kappa shape index (κ3) is 5.63. The fraction of sp³-hybridized carbons (Fsp3) is 0.273. The molecule has 0 aliphatic heterocycles. The monoisotopic (exact) mass is 414 g/mol. The van der Waals surface area contributed by atoms with E-state index < -0.39 is 0 Å². The van der Waals surface area contributed by atoms with Crippen LogP contribution < -0.4 is 10.1 Å². The summed E-state index contributed by atoms with van der Waals surface area (Å²) in [5.41, 5.74) is 2.01. The summed E-state index contributed by atoms with van der Waals surface area (Å²) in [6.45, 7) is 4.31. The molecule has 1 aromatic heterocycles. The lowest BCUT2D eigenvalue weighted by atomic mass is 10.1. The number of nitrogens with zero attached hydrogens (tertiary/aromatic N) is 1. The molecule has 1 amide bonds. The van der Waals surface area contributed by atoms with Gasteiger partial charge < -0.3 is 10.1 Å². The first kappa shape index (κ1) is 20.5. The van der Waals surface area contributed by atoms with Crippen LogP contribution in [0, 0.1) is 0 Å². The Morgan fingerprint density at radius 3 is 2.79 bits per heavy atom. The summed E-state index contributed by atoms with van der Waals surface area (Å²) in [6.07, 6.45) is 1.91. The normalized spacial score (nSPS) is 10.8. The number of hydrogen-bond acceptors (Lipinski definition) is 4. The van der Waals surface area contributed by atoms with Crippen LogP contribution in [0.15, 0.2) is 53.4 Å². The molecule has 0 bridgehead atoms. The highest BCUT2D eigenvalue weighted by molar-refractivity contribution is 7.99. The quantitative estimate of drug-likeness (QED) is 0.469. The van der Waals surface area contributed by atoms with Crippen LogP contribution in [0.3, 0.4) is 0 Å². The second-order valence-electron chi connectivity index (χ2n) is 6.45. The van der Waals surface area contributed by atoms with Crippen molar-refractivity contribution in [2.75, 3.05) is 12.3 Å². The number of benzene rings is 2. The first-order valence-electron chi connectivity index (χ1n) is 9.29. The Hall–Kier alpha value is -2.24. The maximum atomic E-state index is 11.0. The number of carbonyl (C=O) groups is 1. The lowest BCUT2D eigenvalue weighted by molar-refractivity contribution is -0.118. The fourth-order valence-corrected chi connectivity index (χ4v) is 3.83. The highest BCUT2D eigenvalue weighted by atomic mass is 35.5. The number of fused-ring (bicyclic) bond motifs is 1. The Kier molecular flexibility index (Phi) is 7.18. The van der Waals surface area contributed by atoms with Crippen LogP contribution in [0.5, 0.6) is 11.6 Å². The third-order valence-corrected chi connectivity index (χ3v) is 5.60. The van der Waals surface area contributed by atoms with Crippen LogP contribution in [0.4, 0.5) is 0 Å². The number of nitrogens with one attached hydrogen (secondary N) is 1. The van der Waals surface area contributed by atoms with Gasteiger partial charge in [-0.3, -0.25) is 4.79 Å². The average Bonchev–Trinajstić information content (AvgIpc) is 2.68. The number of amides is 1. The molecule has 28 heavy (non-hydrogen) atoms. The zero-order chi connectivity index (χ0) is 19.9. The first-order valence-corrected chi connectivity index (χ1v) is 10.7. The van der Waals surface area contributed by atoms with E-state index in [9.17, 15) is 4.79 Å². The molecule has 0 spiro atoms. The van der Waals surface area contributed by atoms with Gasteiger partial charge in [-0.15, -0.1) is 11.8 Å². The van der Waals surface area contributed by atoms with Gasteiger partial charge in [0.1, 0.15) is 5.75 Å². The molecule has 3 rings (SSSR count). The van der Waals surface area contributed by atoms with E-state index in [1.807, 2.05) is 42.5 Å². The van der Waals surface area contributed by atoms with Gasteiger partial charge in [0.2, 0.25) is 11.8 Å². The molecule has 4 nitrogen and oxygen atoms in total. The smallest absolute Gasteiger partial charge is 0.219 e. The van der Waals surface area contributed by atoms with Gasteiger partial charge in [-0.25, -0.2) is 4.98 Å². The number of ether oxygens (including phenoxy) is 1. The standard InChI is InChI=1S/C22H23ClN2O2S/c1-3-12-28-18-6-8-21(19(23)14-18)27-22-9-5-17-13-16(4-7-20(17)25-22)10-11-24-15(2)26/h4-9,13-14H,3,10-12H2,1-2H3,(H,24,26). The van der Waals surface area contributed by atoms with Gasteiger partial charge in [0.15, 0.2) is 0 Å². The topological polar surface area (TPSA) is 51.2 Å². The Morgan fingerprint density at radius 2 is 2.04 bits per heavy atom. The summed E-state index contributed by atoms with van der Waals surface area (Å²) in [6, 6.07) is 15.7. The van der Waals surface area contributed by atoms with E-state index in [4.69, 9.17) is 16.3 Å². The van der Waals surface area contributed by atoms with Gasteiger partial charge in [0, 0.05) is 29.8 Å². The molecule has 0 atom stereocenters. The molecule has 0 fully saturated rings. The highest BCUT2D eigenvalue weighted by Crippen LogP contribution is 2.33. The molecule has 0 saturated heterocycles. The summed E-state index contributed by atoms with van der Waals surface area (Å²) < 4.78 is 5.90. The Balaban J connectivity index is 1.71. The maximum absolute atomic E-state index is 11.0. The lowest BCUT2D eigenvalue weighted by Crippen LogP contribution is -2.22. The molecule has 0 unspecified atom stereocenters. The molecule has 0 radical (unpaired) electrons. The van der Waals surface area contributed by atoms with E-state index in [0.29, 0.717) is 23.2 Å². The van der Waals surface area contributed by atoms with Crippen molar-refractivity contribution < 1.29 is 9.53 Å². The number of rotatable bonds is 8. The number of halogens is 1. The summed E-state index contributed by atoms with van der Waals surface area (Å²) in [5.74, 6) is 2.16. The summed E-state index contributed by atoms with van der Waals surface area (Å²) >= 11 is 8.15. The van der Waals surface area contributed by atoms with Gasteiger partial charge in [-0.05, 0) is 60.6 Å². The summed E-state index contributed by atoms with van der Waals surface area (Å²) in [4.78, 5) is 16.7. The van der Waals surface area contributed by atoms with Crippen molar-refractivity contribution in [3.63, 3.8) is 0 Å². The van der Waals surface area contributed by atoms with Crippen LogP contribution in [-0.2, 0) is 11.2 Å². The number of thioether (sulfide) groups is 1. The van der Waals surface area contributed by atoms with Gasteiger partial charge in [-0.2, -0.15) is 0 Å². The average molecular weight is 415 g/mol. The van der Waals surface area contributed by atoms with Gasteiger partial charge >= 0.3 is 0 Å². The van der Waals surface area contributed by atoms with Crippen molar-refractivity contribution in [1.29, 1.82) is 0 Å². The van der Waals surface area contributed by atoms with Crippen LogP contribution in [-0.4, -0.2) is 23.2 Å². The predicted octanol–water partition coefficient (Wildman–Crippen LogP) is 5.86. The molecule has 0 aliphatic rings.